The van der Waals surface area contributed by atoms with Crippen molar-refractivity contribution in [2.24, 2.45) is 0 Å². The molecule has 8 nitrogen and oxygen atoms in total. The van der Waals surface area contributed by atoms with Crippen molar-refractivity contribution in [3.05, 3.63) is 64.4 Å². The molecular weight excluding hydrogens is 526 g/mol. The van der Waals surface area contributed by atoms with Gasteiger partial charge in [-0.1, -0.05) is 6.07 Å². The first-order valence-electron chi connectivity index (χ1n) is 11.6. The first-order valence-corrected chi connectivity index (χ1v) is 12.4. The number of aromatic nitrogens is 2. The summed E-state index contributed by atoms with van der Waals surface area (Å²) in [5.41, 5.74) is 3.16. The number of benzene rings is 2. The van der Waals surface area contributed by atoms with Gasteiger partial charge in [-0.2, -0.15) is 0 Å². The fraction of sp³-hybridized carbons (Fsp3) is 0.333. The second kappa shape index (κ2) is 11.2. The van der Waals surface area contributed by atoms with E-state index < -0.39 is 11.7 Å². The van der Waals surface area contributed by atoms with Gasteiger partial charge in [0.2, 0.25) is 0 Å². The number of amides is 1. The number of rotatable bonds is 9. The van der Waals surface area contributed by atoms with Crippen LogP contribution in [0.5, 0.6) is 11.5 Å². The van der Waals surface area contributed by atoms with Crippen LogP contribution in [-0.4, -0.2) is 42.1 Å². The zero-order valence-electron chi connectivity index (χ0n) is 20.8. The highest BCUT2D eigenvalue weighted by Gasteiger charge is 2.16. The SMILES string of the molecule is COCOc1ccc2ccc(COc3ccc4[nH]cc(CCNC(=O)OC(C)(C)C)c4c3)nc2c1Br. The predicted octanol–water partition coefficient (Wildman–Crippen LogP) is 6.11. The van der Waals surface area contributed by atoms with Crippen molar-refractivity contribution in [3.8, 4) is 11.5 Å². The lowest BCUT2D eigenvalue weighted by atomic mass is 10.1. The molecule has 0 fully saturated rings. The van der Waals surface area contributed by atoms with Crippen LogP contribution in [0.4, 0.5) is 4.79 Å². The van der Waals surface area contributed by atoms with Gasteiger partial charge in [0.1, 0.15) is 23.7 Å². The minimum atomic E-state index is -0.521. The Bertz CT molecular complexity index is 1360. The molecule has 0 spiro atoms. The minimum absolute atomic E-state index is 0.160. The summed E-state index contributed by atoms with van der Waals surface area (Å²) in [6.45, 7) is 6.47. The third kappa shape index (κ3) is 6.47. The molecule has 0 radical (unpaired) electrons. The maximum Gasteiger partial charge on any atom is 0.407 e. The Morgan fingerprint density at radius 3 is 2.69 bits per heavy atom. The first kappa shape index (κ1) is 25.8. The maximum absolute atomic E-state index is 11.9. The molecule has 0 bridgehead atoms. The fourth-order valence-corrected chi connectivity index (χ4v) is 4.28. The largest absolute Gasteiger partial charge is 0.487 e. The van der Waals surface area contributed by atoms with E-state index in [9.17, 15) is 4.79 Å². The van der Waals surface area contributed by atoms with Crippen molar-refractivity contribution < 1.29 is 23.7 Å². The molecule has 0 saturated carbocycles. The van der Waals surface area contributed by atoms with Crippen molar-refractivity contribution in [1.29, 1.82) is 0 Å². The van der Waals surface area contributed by atoms with Gasteiger partial charge < -0.3 is 29.2 Å². The molecule has 36 heavy (non-hydrogen) atoms. The number of nitrogens with one attached hydrogen (secondary N) is 2. The van der Waals surface area contributed by atoms with E-state index in [1.165, 1.54) is 0 Å². The molecule has 0 aliphatic rings. The Balaban J connectivity index is 1.42. The highest BCUT2D eigenvalue weighted by atomic mass is 79.9. The van der Waals surface area contributed by atoms with Crippen LogP contribution in [0.25, 0.3) is 21.8 Å². The lowest BCUT2D eigenvalue weighted by molar-refractivity contribution is 0.0506. The van der Waals surface area contributed by atoms with Crippen LogP contribution in [0.2, 0.25) is 0 Å². The molecule has 2 N–H and O–H groups in total. The summed E-state index contributed by atoms with van der Waals surface area (Å²) in [4.78, 5) is 19.9. The van der Waals surface area contributed by atoms with E-state index in [0.717, 1.165) is 43.3 Å². The molecule has 2 heterocycles. The van der Waals surface area contributed by atoms with Crippen LogP contribution in [0.15, 0.2) is 53.1 Å². The van der Waals surface area contributed by atoms with Crippen LogP contribution in [0.1, 0.15) is 32.0 Å². The monoisotopic (exact) mass is 555 g/mol. The van der Waals surface area contributed by atoms with Gasteiger partial charge in [0.05, 0.1) is 15.7 Å². The number of methoxy groups -OCH3 is 1. The van der Waals surface area contributed by atoms with Crippen molar-refractivity contribution in [1.82, 2.24) is 15.3 Å². The highest BCUT2D eigenvalue weighted by Crippen LogP contribution is 2.32. The van der Waals surface area contributed by atoms with E-state index in [-0.39, 0.29) is 6.79 Å². The number of aromatic amines is 1. The number of nitrogens with zero attached hydrogens (tertiary/aromatic N) is 1. The summed E-state index contributed by atoms with van der Waals surface area (Å²) in [5.74, 6) is 1.41. The van der Waals surface area contributed by atoms with E-state index in [1.54, 1.807) is 7.11 Å². The second-order valence-electron chi connectivity index (χ2n) is 9.29. The number of alkyl carbamates (subject to hydrolysis) is 1. The topological polar surface area (TPSA) is 94.7 Å². The molecule has 0 saturated heterocycles. The number of halogens is 1. The molecule has 4 aromatic rings. The number of carbonyl (C=O) groups excluding carboxylic acids is 1. The average Bonchev–Trinajstić information content (AvgIpc) is 3.23. The van der Waals surface area contributed by atoms with Crippen LogP contribution in [-0.2, 0) is 22.5 Å². The molecule has 4 rings (SSSR count). The quantitative estimate of drug-likeness (QED) is 0.242. The number of H-pyrrole nitrogens is 1. The lowest BCUT2D eigenvalue weighted by Gasteiger charge is -2.19. The zero-order valence-corrected chi connectivity index (χ0v) is 22.4. The first-order chi connectivity index (χ1) is 17.2. The third-order valence-electron chi connectivity index (χ3n) is 5.34. The summed E-state index contributed by atoms with van der Waals surface area (Å²) in [6.07, 6.45) is 2.20. The summed E-state index contributed by atoms with van der Waals surface area (Å²) >= 11 is 3.60. The van der Waals surface area contributed by atoms with Gasteiger partial charge in [0.25, 0.3) is 0 Å². The molecule has 1 amide bonds. The van der Waals surface area contributed by atoms with E-state index in [1.807, 2.05) is 69.4 Å². The Labute approximate surface area is 218 Å². The second-order valence-corrected chi connectivity index (χ2v) is 10.1. The predicted molar refractivity (Wildman–Crippen MR) is 143 cm³/mol. The molecule has 0 aliphatic heterocycles. The lowest BCUT2D eigenvalue weighted by Crippen LogP contribution is -2.33. The molecular formula is C27H30BrN3O5. The van der Waals surface area contributed by atoms with Crippen LogP contribution < -0.4 is 14.8 Å². The molecule has 2 aromatic carbocycles. The molecule has 0 unspecified atom stereocenters. The summed E-state index contributed by atoms with van der Waals surface area (Å²) < 4.78 is 22.7. The summed E-state index contributed by atoms with van der Waals surface area (Å²) in [5, 5.41) is 4.85. The smallest absolute Gasteiger partial charge is 0.407 e. The van der Waals surface area contributed by atoms with E-state index in [0.29, 0.717) is 25.3 Å². The number of fused-ring (bicyclic) bond motifs is 2. The van der Waals surface area contributed by atoms with Gasteiger partial charge >= 0.3 is 6.09 Å². The van der Waals surface area contributed by atoms with Crippen molar-refractivity contribution in [2.75, 3.05) is 20.4 Å². The zero-order chi connectivity index (χ0) is 25.7. The van der Waals surface area contributed by atoms with E-state index >= 15 is 0 Å². The summed E-state index contributed by atoms with van der Waals surface area (Å²) in [6, 6.07) is 13.7. The fourth-order valence-electron chi connectivity index (χ4n) is 3.72. The Hall–Kier alpha value is -3.30. The third-order valence-corrected chi connectivity index (χ3v) is 6.11. The highest BCUT2D eigenvalue weighted by molar-refractivity contribution is 9.10. The van der Waals surface area contributed by atoms with Gasteiger partial charge in [-0.15, -0.1) is 0 Å². The number of carbonyl (C=O) groups is 1. The minimum Gasteiger partial charge on any atom is -0.487 e. The molecule has 190 valence electrons. The van der Waals surface area contributed by atoms with Crippen molar-refractivity contribution in [3.63, 3.8) is 0 Å². The van der Waals surface area contributed by atoms with E-state index in [4.69, 9.17) is 23.9 Å². The number of pyridine rings is 1. The summed E-state index contributed by atoms with van der Waals surface area (Å²) in [7, 11) is 1.58. The van der Waals surface area contributed by atoms with Gasteiger partial charge in [0.15, 0.2) is 6.79 Å². The van der Waals surface area contributed by atoms with Crippen LogP contribution >= 0.6 is 15.9 Å². The molecule has 0 atom stereocenters. The Morgan fingerprint density at radius 1 is 1.11 bits per heavy atom. The normalized spacial score (nSPS) is 11.6. The van der Waals surface area contributed by atoms with Crippen LogP contribution in [0, 0.1) is 0 Å². The van der Waals surface area contributed by atoms with Gasteiger partial charge in [-0.25, -0.2) is 9.78 Å². The number of hydrogen-bond acceptors (Lipinski definition) is 6. The number of hydrogen-bond donors (Lipinski definition) is 2. The van der Waals surface area contributed by atoms with Crippen molar-refractivity contribution >= 4 is 43.8 Å². The van der Waals surface area contributed by atoms with Gasteiger partial charge in [-0.05, 0) is 85.1 Å². The standard InChI is InChI=1S/C27H30BrN3O5/c1-27(2,3)36-26(32)29-12-11-18-14-30-22-9-8-20(13-21(18)22)34-15-19-7-5-17-6-10-23(35-16-33-4)24(28)25(17)31-19/h5-10,13-14,30H,11-12,15-16H2,1-4H3,(H,29,32). The Kier molecular flexibility index (Phi) is 8.01. The van der Waals surface area contributed by atoms with Gasteiger partial charge in [-0.3, -0.25) is 0 Å². The van der Waals surface area contributed by atoms with E-state index in [2.05, 4.69) is 26.2 Å². The Morgan fingerprint density at radius 2 is 1.92 bits per heavy atom. The van der Waals surface area contributed by atoms with Gasteiger partial charge in [0, 0.05) is 36.1 Å². The molecule has 9 heteroatoms. The van der Waals surface area contributed by atoms with Crippen molar-refractivity contribution in [2.45, 2.75) is 39.4 Å². The number of ether oxygens (including phenoxy) is 4. The molecule has 2 aromatic heterocycles. The average molecular weight is 556 g/mol. The molecule has 0 aliphatic carbocycles. The van der Waals surface area contributed by atoms with Crippen LogP contribution in [0.3, 0.4) is 0 Å². The maximum atomic E-state index is 11.9.